The van der Waals surface area contributed by atoms with E-state index in [4.69, 9.17) is 26.2 Å². The average molecular weight is 362 g/mol. The number of carbonyl (C=O) groups is 1. The van der Waals surface area contributed by atoms with Crippen molar-refractivity contribution in [1.29, 1.82) is 0 Å². The highest BCUT2D eigenvalue weighted by Gasteiger charge is 2.17. The van der Waals surface area contributed by atoms with E-state index < -0.39 is 5.97 Å². The van der Waals surface area contributed by atoms with Gasteiger partial charge in [0.25, 0.3) is 0 Å². The number of carboxylic acids is 1. The molecule has 0 radical (unpaired) electrons. The third kappa shape index (κ3) is 4.24. The predicted octanol–water partition coefficient (Wildman–Crippen LogP) is 3.48. The van der Waals surface area contributed by atoms with Gasteiger partial charge in [-0.2, -0.15) is 0 Å². The SMILES string of the molecule is COc1ccc2c(c1)CCN(CCOc1ccc(C(=O)O)cc1Cl)C2. The van der Waals surface area contributed by atoms with Crippen LogP contribution in [0.3, 0.4) is 0 Å². The van der Waals surface area contributed by atoms with Crippen LogP contribution < -0.4 is 9.47 Å². The number of carboxylic acid groups (broad SMARTS) is 1. The van der Waals surface area contributed by atoms with Gasteiger partial charge in [-0.3, -0.25) is 4.90 Å². The van der Waals surface area contributed by atoms with Crippen molar-refractivity contribution in [3.8, 4) is 11.5 Å². The normalized spacial score (nSPS) is 14.0. The quantitative estimate of drug-likeness (QED) is 0.853. The van der Waals surface area contributed by atoms with E-state index in [1.54, 1.807) is 13.2 Å². The number of nitrogens with zero attached hydrogens (tertiary/aromatic N) is 1. The van der Waals surface area contributed by atoms with Gasteiger partial charge in [-0.15, -0.1) is 0 Å². The molecule has 2 aromatic rings. The first-order chi connectivity index (χ1) is 12.1. The number of hydrogen-bond donors (Lipinski definition) is 1. The van der Waals surface area contributed by atoms with E-state index in [1.165, 1.54) is 23.3 Å². The zero-order valence-electron chi connectivity index (χ0n) is 14.0. The second-order valence-corrected chi connectivity index (χ2v) is 6.37. The van der Waals surface area contributed by atoms with Crippen molar-refractivity contribution in [2.24, 2.45) is 0 Å². The van der Waals surface area contributed by atoms with Crippen LogP contribution in [0.4, 0.5) is 0 Å². The number of methoxy groups -OCH3 is 1. The highest BCUT2D eigenvalue weighted by atomic mass is 35.5. The molecule has 6 heteroatoms. The number of halogens is 1. The summed E-state index contributed by atoms with van der Waals surface area (Å²) >= 11 is 6.08. The first-order valence-electron chi connectivity index (χ1n) is 8.10. The van der Waals surface area contributed by atoms with E-state index in [0.29, 0.717) is 17.4 Å². The fraction of sp³-hybridized carbons (Fsp3) is 0.316. The molecular formula is C19H20ClNO4. The van der Waals surface area contributed by atoms with Gasteiger partial charge in [0.15, 0.2) is 0 Å². The molecule has 0 spiro atoms. The Hall–Kier alpha value is -2.24. The van der Waals surface area contributed by atoms with Crippen molar-refractivity contribution in [2.75, 3.05) is 26.8 Å². The van der Waals surface area contributed by atoms with Crippen LogP contribution in [0.1, 0.15) is 21.5 Å². The topological polar surface area (TPSA) is 59.0 Å². The molecule has 0 amide bonds. The summed E-state index contributed by atoms with van der Waals surface area (Å²) in [6.45, 7) is 3.13. The van der Waals surface area contributed by atoms with Crippen molar-refractivity contribution in [3.63, 3.8) is 0 Å². The molecule has 0 fully saturated rings. The average Bonchev–Trinajstić information content (AvgIpc) is 2.62. The molecule has 1 N–H and O–H groups in total. The molecule has 3 rings (SSSR count). The molecule has 5 nitrogen and oxygen atoms in total. The molecule has 0 atom stereocenters. The van der Waals surface area contributed by atoms with E-state index in [0.717, 1.165) is 31.8 Å². The van der Waals surface area contributed by atoms with E-state index >= 15 is 0 Å². The number of aromatic carboxylic acids is 1. The van der Waals surface area contributed by atoms with Crippen LogP contribution in [-0.2, 0) is 13.0 Å². The van der Waals surface area contributed by atoms with Gasteiger partial charge in [-0.25, -0.2) is 4.79 Å². The van der Waals surface area contributed by atoms with Gasteiger partial charge in [0, 0.05) is 19.6 Å². The molecule has 25 heavy (non-hydrogen) atoms. The Morgan fingerprint density at radius 1 is 1.24 bits per heavy atom. The third-order valence-electron chi connectivity index (χ3n) is 4.35. The largest absolute Gasteiger partial charge is 0.497 e. The second kappa shape index (κ2) is 7.76. The Bertz CT molecular complexity index is 778. The Labute approximate surface area is 151 Å². The summed E-state index contributed by atoms with van der Waals surface area (Å²) in [5, 5.41) is 9.26. The number of benzene rings is 2. The molecule has 0 bridgehead atoms. The van der Waals surface area contributed by atoms with Gasteiger partial charge < -0.3 is 14.6 Å². The lowest BCUT2D eigenvalue weighted by Gasteiger charge is -2.28. The molecule has 0 unspecified atom stereocenters. The zero-order chi connectivity index (χ0) is 17.8. The minimum atomic E-state index is -1.00. The summed E-state index contributed by atoms with van der Waals surface area (Å²) in [6.07, 6.45) is 0.987. The van der Waals surface area contributed by atoms with E-state index in [1.807, 2.05) is 6.07 Å². The maximum Gasteiger partial charge on any atom is 0.335 e. The molecule has 132 valence electrons. The molecule has 0 aliphatic carbocycles. The lowest BCUT2D eigenvalue weighted by atomic mass is 9.99. The summed E-state index contributed by atoms with van der Waals surface area (Å²) in [6, 6.07) is 10.7. The van der Waals surface area contributed by atoms with Crippen molar-refractivity contribution < 1.29 is 19.4 Å². The summed E-state index contributed by atoms with van der Waals surface area (Å²) in [5.74, 6) is 0.404. The van der Waals surface area contributed by atoms with E-state index in [-0.39, 0.29) is 5.56 Å². The Kier molecular flexibility index (Phi) is 5.46. The fourth-order valence-corrected chi connectivity index (χ4v) is 3.18. The van der Waals surface area contributed by atoms with Crippen LogP contribution in [0.2, 0.25) is 5.02 Å². The van der Waals surface area contributed by atoms with Crippen molar-refractivity contribution in [2.45, 2.75) is 13.0 Å². The van der Waals surface area contributed by atoms with Gasteiger partial charge in [-0.1, -0.05) is 17.7 Å². The molecule has 0 aromatic heterocycles. The van der Waals surface area contributed by atoms with E-state index in [9.17, 15) is 4.79 Å². The predicted molar refractivity (Wildman–Crippen MR) is 95.9 cm³/mol. The maximum atomic E-state index is 10.9. The summed E-state index contributed by atoms with van der Waals surface area (Å²) < 4.78 is 11.0. The summed E-state index contributed by atoms with van der Waals surface area (Å²) in [5.41, 5.74) is 2.81. The monoisotopic (exact) mass is 361 g/mol. The number of ether oxygens (including phenoxy) is 2. The Morgan fingerprint density at radius 3 is 2.80 bits per heavy atom. The first kappa shape index (κ1) is 17.6. The minimum absolute atomic E-state index is 0.153. The van der Waals surface area contributed by atoms with Crippen LogP contribution in [-0.4, -0.2) is 42.8 Å². The van der Waals surface area contributed by atoms with Crippen LogP contribution in [0, 0.1) is 0 Å². The highest BCUT2D eigenvalue weighted by molar-refractivity contribution is 6.32. The van der Waals surface area contributed by atoms with Gasteiger partial charge >= 0.3 is 5.97 Å². The molecule has 0 saturated heterocycles. The highest BCUT2D eigenvalue weighted by Crippen LogP contribution is 2.26. The van der Waals surface area contributed by atoms with Gasteiger partial charge in [0.05, 0.1) is 17.7 Å². The lowest BCUT2D eigenvalue weighted by molar-refractivity contribution is 0.0697. The van der Waals surface area contributed by atoms with Crippen LogP contribution in [0.5, 0.6) is 11.5 Å². The first-order valence-corrected chi connectivity index (χ1v) is 8.48. The fourth-order valence-electron chi connectivity index (χ4n) is 2.94. The molecule has 0 saturated carbocycles. The molecule has 1 heterocycles. The zero-order valence-corrected chi connectivity index (χ0v) is 14.8. The number of fused-ring (bicyclic) bond motifs is 1. The van der Waals surface area contributed by atoms with Crippen molar-refractivity contribution in [3.05, 3.63) is 58.1 Å². The number of rotatable bonds is 6. The van der Waals surface area contributed by atoms with E-state index in [2.05, 4.69) is 17.0 Å². The summed E-state index contributed by atoms with van der Waals surface area (Å²) in [7, 11) is 1.68. The van der Waals surface area contributed by atoms with Crippen molar-refractivity contribution >= 4 is 17.6 Å². The van der Waals surface area contributed by atoms with Crippen LogP contribution in [0.25, 0.3) is 0 Å². The standard InChI is InChI=1S/C19H20ClNO4/c1-24-16-4-2-15-12-21(7-6-13(15)10-16)8-9-25-18-5-3-14(19(22)23)11-17(18)20/h2-5,10-11H,6-9,12H2,1H3,(H,22,23). The molecular weight excluding hydrogens is 342 g/mol. The van der Waals surface area contributed by atoms with Crippen LogP contribution in [0.15, 0.2) is 36.4 Å². The van der Waals surface area contributed by atoms with Gasteiger partial charge in [0.1, 0.15) is 18.1 Å². The number of hydrogen-bond acceptors (Lipinski definition) is 4. The van der Waals surface area contributed by atoms with Gasteiger partial charge in [-0.05, 0) is 47.9 Å². The molecule has 1 aliphatic heterocycles. The second-order valence-electron chi connectivity index (χ2n) is 5.96. The Balaban J connectivity index is 1.54. The van der Waals surface area contributed by atoms with Crippen LogP contribution >= 0.6 is 11.6 Å². The third-order valence-corrected chi connectivity index (χ3v) is 4.64. The lowest BCUT2D eigenvalue weighted by Crippen LogP contribution is -2.33. The molecule has 2 aromatic carbocycles. The van der Waals surface area contributed by atoms with Gasteiger partial charge in [0.2, 0.25) is 0 Å². The smallest absolute Gasteiger partial charge is 0.335 e. The minimum Gasteiger partial charge on any atom is -0.497 e. The van der Waals surface area contributed by atoms with Crippen molar-refractivity contribution in [1.82, 2.24) is 4.90 Å². The summed E-state index contributed by atoms with van der Waals surface area (Å²) in [4.78, 5) is 13.2. The molecule has 1 aliphatic rings. The Morgan fingerprint density at radius 2 is 2.08 bits per heavy atom. The maximum absolute atomic E-state index is 10.9.